The summed E-state index contributed by atoms with van der Waals surface area (Å²) in [6.07, 6.45) is 1.22. The zero-order valence-corrected chi connectivity index (χ0v) is 9.09. The van der Waals surface area contributed by atoms with Gasteiger partial charge in [-0.3, -0.25) is 9.79 Å². The molecule has 0 aromatic rings. The molecule has 0 saturated heterocycles. The van der Waals surface area contributed by atoms with Crippen molar-refractivity contribution in [2.75, 3.05) is 27.2 Å². The van der Waals surface area contributed by atoms with Crippen molar-refractivity contribution in [2.45, 2.75) is 19.8 Å². The molecule has 0 heterocycles. The molecule has 0 radical (unpaired) electrons. The van der Waals surface area contributed by atoms with E-state index in [-0.39, 0.29) is 5.97 Å². The molecule has 0 rings (SSSR count). The van der Waals surface area contributed by atoms with E-state index in [0.29, 0.717) is 25.5 Å². The molecular weight excluding hydrogens is 182 g/mol. The van der Waals surface area contributed by atoms with Gasteiger partial charge in [-0.15, -0.1) is 0 Å². The number of hydrogen-bond donors (Lipinski definition) is 2. The lowest BCUT2D eigenvalue weighted by Crippen LogP contribution is -2.36. The van der Waals surface area contributed by atoms with Crippen LogP contribution in [-0.2, 0) is 9.53 Å². The summed E-state index contributed by atoms with van der Waals surface area (Å²) in [5, 5.41) is 5.82. The minimum absolute atomic E-state index is 0.175. The number of esters is 1. The third-order valence-corrected chi connectivity index (χ3v) is 1.55. The molecule has 2 N–H and O–H groups in total. The van der Waals surface area contributed by atoms with E-state index < -0.39 is 0 Å². The Hall–Kier alpha value is -1.26. The lowest BCUT2D eigenvalue weighted by molar-refractivity contribution is -0.143. The molecule has 0 amide bonds. The topological polar surface area (TPSA) is 62.7 Å². The predicted molar refractivity (Wildman–Crippen MR) is 56.3 cm³/mol. The molecule has 0 aromatic carbocycles. The maximum Gasteiger partial charge on any atom is 0.307 e. The number of ether oxygens (including phenoxy) is 1. The van der Waals surface area contributed by atoms with Gasteiger partial charge in [0.1, 0.15) is 0 Å². The number of nitrogens with zero attached hydrogens (tertiary/aromatic N) is 1. The first-order valence-corrected chi connectivity index (χ1v) is 4.78. The van der Waals surface area contributed by atoms with Gasteiger partial charge in [-0.25, -0.2) is 0 Å². The Morgan fingerprint density at radius 2 is 2.21 bits per heavy atom. The Balaban J connectivity index is 3.48. The van der Waals surface area contributed by atoms with Crippen LogP contribution in [0.15, 0.2) is 4.99 Å². The minimum Gasteiger partial charge on any atom is -0.466 e. The van der Waals surface area contributed by atoms with Gasteiger partial charge in [0.05, 0.1) is 13.0 Å². The van der Waals surface area contributed by atoms with Crippen LogP contribution in [0, 0.1) is 0 Å². The number of nitrogens with one attached hydrogen (secondary N) is 2. The van der Waals surface area contributed by atoms with Gasteiger partial charge in [0.15, 0.2) is 5.96 Å². The summed E-state index contributed by atoms with van der Waals surface area (Å²) >= 11 is 0. The summed E-state index contributed by atoms with van der Waals surface area (Å²) in [4.78, 5) is 14.9. The van der Waals surface area contributed by atoms with Gasteiger partial charge in [-0.2, -0.15) is 0 Å². The first kappa shape index (κ1) is 12.7. The molecule has 0 aliphatic heterocycles. The number of rotatable bonds is 5. The lowest BCUT2D eigenvalue weighted by atomic mass is 10.4. The molecule has 0 atom stereocenters. The summed E-state index contributed by atoms with van der Waals surface area (Å²) in [5.41, 5.74) is 0. The highest BCUT2D eigenvalue weighted by molar-refractivity contribution is 5.80. The molecule has 0 aliphatic carbocycles. The van der Waals surface area contributed by atoms with Crippen molar-refractivity contribution in [1.29, 1.82) is 0 Å². The number of carbonyl (C=O) groups is 1. The van der Waals surface area contributed by atoms with Crippen LogP contribution < -0.4 is 10.6 Å². The highest BCUT2D eigenvalue weighted by Crippen LogP contribution is 1.86. The van der Waals surface area contributed by atoms with E-state index in [1.165, 1.54) is 0 Å². The summed E-state index contributed by atoms with van der Waals surface area (Å²) in [5.74, 6) is 0.499. The van der Waals surface area contributed by atoms with Gasteiger partial charge in [0.25, 0.3) is 0 Å². The molecule has 5 nitrogen and oxygen atoms in total. The molecule has 82 valence electrons. The van der Waals surface area contributed by atoms with E-state index in [2.05, 4.69) is 15.6 Å². The van der Waals surface area contributed by atoms with E-state index in [9.17, 15) is 4.79 Å². The Morgan fingerprint density at radius 1 is 1.50 bits per heavy atom. The molecular formula is C9H19N3O2. The molecule has 0 unspecified atom stereocenters. The van der Waals surface area contributed by atoms with E-state index >= 15 is 0 Å². The third-order valence-electron chi connectivity index (χ3n) is 1.55. The second kappa shape index (κ2) is 8.34. The fourth-order valence-corrected chi connectivity index (χ4v) is 0.850. The standard InChI is InChI=1S/C9H19N3O2/c1-4-7-14-8(13)5-6-12-9(10-2)11-3/h4-7H2,1-3H3,(H2,10,11,12). The minimum atomic E-state index is -0.175. The molecule has 0 aliphatic rings. The summed E-state index contributed by atoms with van der Waals surface area (Å²) in [6.45, 7) is 3.00. The molecule has 0 aromatic heterocycles. The number of guanidine groups is 1. The summed E-state index contributed by atoms with van der Waals surface area (Å²) in [6, 6.07) is 0. The first-order chi connectivity index (χ1) is 6.74. The fourth-order valence-electron chi connectivity index (χ4n) is 0.850. The smallest absolute Gasteiger partial charge is 0.307 e. The van der Waals surface area contributed by atoms with Crippen molar-refractivity contribution in [3.05, 3.63) is 0 Å². The molecule has 0 fully saturated rings. The SMILES string of the molecule is CCCOC(=O)CCNC(=NC)NC. The fraction of sp³-hybridized carbons (Fsp3) is 0.778. The molecule has 0 bridgehead atoms. The molecule has 0 saturated carbocycles. The van der Waals surface area contributed by atoms with E-state index in [0.717, 1.165) is 6.42 Å². The number of carbonyl (C=O) groups excluding carboxylic acids is 1. The highest BCUT2D eigenvalue weighted by atomic mass is 16.5. The average molecular weight is 201 g/mol. The maximum absolute atomic E-state index is 11.0. The molecule has 5 heteroatoms. The second-order valence-electron chi connectivity index (χ2n) is 2.72. The van der Waals surface area contributed by atoms with Crippen LogP contribution >= 0.6 is 0 Å². The monoisotopic (exact) mass is 201 g/mol. The Labute approximate surface area is 84.9 Å². The second-order valence-corrected chi connectivity index (χ2v) is 2.72. The quantitative estimate of drug-likeness (QED) is 0.377. The Kier molecular flexibility index (Phi) is 7.59. The lowest BCUT2D eigenvalue weighted by Gasteiger charge is -2.07. The van der Waals surface area contributed by atoms with Crippen molar-refractivity contribution in [3.8, 4) is 0 Å². The highest BCUT2D eigenvalue weighted by Gasteiger charge is 2.01. The van der Waals surface area contributed by atoms with Crippen LogP contribution in [0.2, 0.25) is 0 Å². The average Bonchev–Trinajstić information content (AvgIpc) is 2.21. The maximum atomic E-state index is 11.0. The Morgan fingerprint density at radius 3 is 2.71 bits per heavy atom. The zero-order chi connectivity index (χ0) is 10.8. The van der Waals surface area contributed by atoms with Crippen molar-refractivity contribution in [1.82, 2.24) is 10.6 Å². The van der Waals surface area contributed by atoms with Gasteiger partial charge in [-0.05, 0) is 6.42 Å². The van der Waals surface area contributed by atoms with Crippen LogP contribution in [0.25, 0.3) is 0 Å². The third kappa shape index (κ3) is 6.28. The van der Waals surface area contributed by atoms with Crippen molar-refractivity contribution >= 4 is 11.9 Å². The van der Waals surface area contributed by atoms with Crippen LogP contribution in [0.5, 0.6) is 0 Å². The largest absolute Gasteiger partial charge is 0.466 e. The van der Waals surface area contributed by atoms with Gasteiger partial charge in [-0.1, -0.05) is 6.92 Å². The van der Waals surface area contributed by atoms with Crippen molar-refractivity contribution in [3.63, 3.8) is 0 Å². The van der Waals surface area contributed by atoms with Crippen LogP contribution in [0.4, 0.5) is 0 Å². The number of hydrogen-bond acceptors (Lipinski definition) is 3. The van der Waals surface area contributed by atoms with Crippen molar-refractivity contribution < 1.29 is 9.53 Å². The van der Waals surface area contributed by atoms with Crippen molar-refractivity contribution in [2.24, 2.45) is 4.99 Å². The predicted octanol–water partition coefficient (Wildman–Crippen LogP) is 0.125. The Bertz CT molecular complexity index is 192. The van der Waals surface area contributed by atoms with Gasteiger partial charge >= 0.3 is 5.97 Å². The normalized spacial score (nSPS) is 10.9. The van der Waals surface area contributed by atoms with E-state index in [1.54, 1.807) is 14.1 Å². The van der Waals surface area contributed by atoms with Crippen LogP contribution in [0.1, 0.15) is 19.8 Å². The first-order valence-electron chi connectivity index (χ1n) is 4.78. The van der Waals surface area contributed by atoms with Crippen LogP contribution in [0.3, 0.4) is 0 Å². The van der Waals surface area contributed by atoms with Crippen LogP contribution in [-0.4, -0.2) is 39.2 Å². The molecule has 14 heavy (non-hydrogen) atoms. The summed E-state index contributed by atoms with van der Waals surface area (Å²) in [7, 11) is 3.44. The summed E-state index contributed by atoms with van der Waals surface area (Å²) < 4.78 is 4.90. The van der Waals surface area contributed by atoms with Gasteiger partial charge in [0, 0.05) is 20.6 Å². The van der Waals surface area contributed by atoms with Gasteiger partial charge in [0.2, 0.25) is 0 Å². The number of aliphatic imine (C=N–C) groups is 1. The van der Waals surface area contributed by atoms with E-state index in [4.69, 9.17) is 4.74 Å². The van der Waals surface area contributed by atoms with E-state index in [1.807, 2.05) is 6.92 Å². The molecule has 0 spiro atoms. The van der Waals surface area contributed by atoms with Gasteiger partial charge < -0.3 is 15.4 Å². The zero-order valence-electron chi connectivity index (χ0n) is 9.09.